The van der Waals surface area contributed by atoms with Gasteiger partial charge in [0.05, 0.1) is 18.6 Å². The van der Waals surface area contributed by atoms with Crippen LogP contribution in [0, 0.1) is 0 Å². The lowest BCUT2D eigenvalue weighted by Gasteiger charge is -1.98. The largest absolute Gasteiger partial charge is 0.515 e. The molecule has 2 heteroatoms. The van der Waals surface area contributed by atoms with Crippen LogP contribution in [0.5, 0.6) is 5.75 Å². The lowest BCUT2D eigenvalue weighted by atomic mass is 10.2. The zero-order chi connectivity index (χ0) is 8.27. The van der Waals surface area contributed by atoms with Crippen molar-refractivity contribution in [1.29, 1.82) is 0 Å². The van der Waals surface area contributed by atoms with Crippen LogP contribution in [-0.2, 0) is 0 Å². The molecular weight excluding hydrogens is 140 g/mol. The van der Waals surface area contributed by atoms with E-state index in [0.29, 0.717) is 11.0 Å². The van der Waals surface area contributed by atoms with Gasteiger partial charge in [-0.1, -0.05) is 18.7 Å². The lowest BCUT2D eigenvalue weighted by molar-refractivity contribution is 0.408. The van der Waals surface area contributed by atoms with E-state index >= 15 is 0 Å². The molecule has 0 fully saturated rings. The van der Waals surface area contributed by atoms with Gasteiger partial charge in [-0.3, -0.25) is 0 Å². The van der Waals surface area contributed by atoms with Gasteiger partial charge in [-0.15, -0.1) is 0 Å². The number of rotatable bonds is 1. The van der Waals surface area contributed by atoms with Crippen LogP contribution in [0.15, 0.2) is 18.2 Å². The van der Waals surface area contributed by atoms with Crippen LogP contribution >= 0.6 is 0 Å². The van der Waals surface area contributed by atoms with Crippen LogP contribution in [0.2, 0.25) is 0 Å². The third-order valence-electron chi connectivity index (χ3n) is 1.51. The van der Waals surface area contributed by atoms with Crippen LogP contribution in [0.3, 0.4) is 0 Å². The van der Waals surface area contributed by atoms with Gasteiger partial charge in [0.2, 0.25) is 0 Å². The molecule has 0 aliphatic rings. The van der Waals surface area contributed by atoms with E-state index in [2.05, 4.69) is 6.58 Å². The molecule has 11 heavy (non-hydrogen) atoms. The van der Waals surface area contributed by atoms with Crippen molar-refractivity contribution in [2.24, 2.45) is 0 Å². The van der Waals surface area contributed by atoms with E-state index in [1.165, 1.54) is 0 Å². The van der Waals surface area contributed by atoms with Crippen molar-refractivity contribution in [3.05, 3.63) is 28.6 Å². The summed E-state index contributed by atoms with van der Waals surface area (Å²) in [6, 6.07) is 5.41. The van der Waals surface area contributed by atoms with Gasteiger partial charge in [0.15, 0.2) is 0 Å². The highest BCUT2D eigenvalue weighted by Gasteiger charge is 1.92. The van der Waals surface area contributed by atoms with E-state index in [-0.39, 0.29) is 0 Å². The number of benzene rings is 1. The van der Waals surface area contributed by atoms with E-state index in [4.69, 9.17) is 9.84 Å². The molecule has 0 bridgehead atoms. The van der Waals surface area contributed by atoms with Crippen LogP contribution in [0.25, 0.3) is 12.8 Å². The Balaban J connectivity index is 3.51. The highest BCUT2D eigenvalue weighted by Crippen LogP contribution is 1.96. The standard InChI is InChI=1S/C9H10O2/c1-7-4-3-5-9(11-2)8(7)6-10/h3-6,10H,1H2,2H3/b8-6-. The van der Waals surface area contributed by atoms with Gasteiger partial charge >= 0.3 is 0 Å². The summed E-state index contributed by atoms with van der Waals surface area (Å²) in [6.45, 7) is 3.73. The van der Waals surface area contributed by atoms with Gasteiger partial charge in [-0.2, -0.15) is 0 Å². The van der Waals surface area contributed by atoms with Crippen molar-refractivity contribution in [3.8, 4) is 5.75 Å². The van der Waals surface area contributed by atoms with Crippen molar-refractivity contribution in [2.75, 3.05) is 7.11 Å². The Kier molecular flexibility index (Phi) is 2.16. The van der Waals surface area contributed by atoms with Gasteiger partial charge in [-0.25, -0.2) is 0 Å². The van der Waals surface area contributed by atoms with Crippen molar-refractivity contribution in [2.45, 2.75) is 0 Å². The first kappa shape index (κ1) is 7.66. The Morgan fingerprint density at radius 2 is 2.27 bits per heavy atom. The molecule has 0 saturated carbocycles. The zero-order valence-corrected chi connectivity index (χ0v) is 6.37. The summed E-state index contributed by atoms with van der Waals surface area (Å²) in [7, 11) is 1.56. The first-order valence-electron chi connectivity index (χ1n) is 3.26. The predicted octanol–water partition coefficient (Wildman–Crippen LogP) is 0.402. The zero-order valence-electron chi connectivity index (χ0n) is 6.37. The molecule has 58 valence electrons. The highest BCUT2D eigenvalue weighted by atomic mass is 16.5. The van der Waals surface area contributed by atoms with E-state index in [0.717, 1.165) is 11.5 Å². The normalized spacial score (nSPS) is 11.5. The maximum atomic E-state index is 8.79. The van der Waals surface area contributed by atoms with Gasteiger partial charge in [0.25, 0.3) is 0 Å². The highest BCUT2D eigenvalue weighted by molar-refractivity contribution is 5.32. The monoisotopic (exact) mass is 150 g/mol. The molecule has 0 saturated heterocycles. The van der Waals surface area contributed by atoms with Crippen LogP contribution in [-0.4, -0.2) is 12.2 Å². The first-order chi connectivity index (χ1) is 5.29. The van der Waals surface area contributed by atoms with E-state index < -0.39 is 0 Å². The number of aliphatic hydroxyl groups excluding tert-OH is 1. The van der Waals surface area contributed by atoms with Crippen molar-refractivity contribution in [1.82, 2.24) is 0 Å². The van der Waals surface area contributed by atoms with Crippen molar-refractivity contribution < 1.29 is 9.84 Å². The molecule has 1 aromatic rings. The minimum absolute atomic E-state index is 0.634. The van der Waals surface area contributed by atoms with E-state index in [9.17, 15) is 0 Å². The topological polar surface area (TPSA) is 29.5 Å². The Bertz CT molecular complexity index is 341. The lowest BCUT2D eigenvalue weighted by Crippen LogP contribution is -2.24. The molecule has 0 radical (unpaired) electrons. The molecule has 0 spiro atoms. The summed E-state index contributed by atoms with van der Waals surface area (Å²) in [6.07, 6.45) is 1.00. The van der Waals surface area contributed by atoms with Gasteiger partial charge in [0.1, 0.15) is 5.75 Å². The predicted molar refractivity (Wildman–Crippen MR) is 44.9 cm³/mol. The second-order valence-electron chi connectivity index (χ2n) is 2.16. The van der Waals surface area contributed by atoms with Gasteiger partial charge in [-0.05, 0) is 11.3 Å². The average molecular weight is 150 g/mol. The van der Waals surface area contributed by atoms with Crippen LogP contribution in [0.4, 0.5) is 0 Å². The summed E-state index contributed by atoms with van der Waals surface area (Å²) in [5, 5.41) is 10.2. The molecule has 2 nitrogen and oxygen atoms in total. The van der Waals surface area contributed by atoms with Gasteiger partial charge in [0, 0.05) is 0 Å². The van der Waals surface area contributed by atoms with Crippen LogP contribution < -0.4 is 15.2 Å². The minimum atomic E-state index is 0.634. The fraction of sp³-hybridized carbons (Fsp3) is 0.111. The Hall–Kier alpha value is -1.44. The second-order valence-corrected chi connectivity index (χ2v) is 2.16. The average Bonchev–Trinajstić information content (AvgIpc) is 2.04. The summed E-state index contributed by atoms with van der Waals surface area (Å²) in [5.41, 5.74) is 0. The Morgan fingerprint density at radius 1 is 1.55 bits per heavy atom. The maximum absolute atomic E-state index is 8.79. The third-order valence-corrected chi connectivity index (χ3v) is 1.51. The summed E-state index contributed by atoms with van der Waals surface area (Å²) < 4.78 is 4.99. The molecule has 1 rings (SSSR count). The van der Waals surface area contributed by atoms with Crippen molar-refractivity contribution in [3.63, 3.8) is 0 Å². The molecule has 0 atom stereocenters. The number of hydrogen-bond acceptors (Lipinski definition) is 2. The summed E-state index contributed by atoms with van der Waals surface area (Å²) in [5.74, 6) is 0.639. The Labute approximate surface area is 65.1 Å². The maximum Gasteiger partial charge on any atom is 0.129 e. The molecule has 0 aliphatic carbocycles. The summed E-state index contributed by atoms with van der Waals surface area (Å²) >= 11 is 0. The molecule has 0 aromatic heterocycles. The minimum Gasteiger partial charge on any atom is -0.515 e. The number of aliphatic hydroxyl groups is 1. The second kappa shape index (κ2) is 3.10. The smallest absolute Gasteiger partial charge is 0.129 e. The first-order valence-corrected chi connectivity index (χ1v) is 3.26. The molecule has 0 unspecified atom stereocenters. The number of ether oxygens (including phenoxy) is 1. The fourth-order valence-electron chi connectivity index (χ4n) is 0.914. The molecule has 0 heterocycles. The molecule has 1 aromatic carbocycles. The van der Waals surface area contributed by atoms with Crippen LogP contribution in [0.1, 0.15) is 0 Å². The van der Waals surface area contributed by atoms with Gasteiger partial charge < -0.3 is 9.84 Å². The van der Waals surface area contributed by atoms with E-state index in [1.54, 1.807) is 13.2 Å². The molecule has 1 N–H and O–H groups in total. The quantitative estimate of drug-likeness (QED) is 0.628. The Morgan fingerprint density at radius 3 is 2.73 bits per heavy atom. The number of methoxy groups -OCH3 is 1. The SMILES string of the molecule is C=c1cccc(OC)/c1=C\O. The summed E-state index contributed by atoms with van der Waals surface area (Å²) in [4.78, 5) is 0. The third kappa shape index (κ3) is 1.34. The molecule has 0 aliphatic heterocycles. The number of hydrogen-bond donors (Lipinski definition) is 1. The molecule has 0 amide bonds. The van der Waals surface area contributed by atoms with E-state index in [1.807, 2.05) is 12.1 Å². The molecular formula is C9H10O2. The van der Waals surface area contributed by atoms with Crippen molar-refractivity contribution >= 4 is 12.8 Å². The fourth-order valence-corrected chi connectivity index (χ4v) is 0.914.